The van der Waals surface area contributed by atoms with Gasteiger partial charge in [0.15, 0.2) is 5.78 Å². The van der Waals surface area contributed by atoms with E-state index in [2.05, 4.69) is 28.1 Å². The van der Waals surface area contributed by atoms with Gasteiger partial charge < -0.3 is 4.74 Å². The van der Waals surface area contributed by atoms with E-state index in [1.54, 1.807) is 0 Å². The molecule has 3 heteroatoms. The van der Waals surface area contributed by atoms with Crippen molar-refractivity contribution in [3.8, 4) is 5.75 Å². The predicted octanol–water partition coefficient (Wildman–Crippen LogP) is 4.84. The minimum atomic E-state index is 0.157. The molecule has 0 saturated carbocycles. The first-order valence-corrected chi connectivity index (χ1v) is 8.23. The first-order valence-electron chi connectivity index (χ1n) is 7.11. The number of ketones is 1. The Bertz CT molecular complexity index is 564. The third kappa shape index (κ3) is 4.43. The maximum absolute atomic E-state index is 11.6. The molecule has 2 aromatic rings. The molecule has 2 aromatic carbocycles. The number of benzene rings is 2. The Morgan fingerprint density at radius 3 is 2.33 bits per heavy atom. The summed E-state index contributed by atoms with van der Waals surface area (Å²) in [5.74, 6) is 1.26. The Kier molecular flexibility index (Phi) is 6.00. The predicted molar refractivity (Wildman–Crippen MR) is 89.5 cm³/mol. The van der Waals surface area contributed by atoms with Crippen LogP contribution < -0.4 is 4.74 Å². The van der Waals surface area contributed by atoms with Gasteiger partial charge in [-0.1, -0.05) is 53.2 Å². The molecule has 2 nitrogen and oxygen atoms in total. The summed E-state index contributed by atoms with van der Waals surface area (Å²) in [7, 11) is 0. The van der Waals surface area contributed by atoms with Crippen LogP contribution in [0.1, 0.15) is 35.2 Å². The summed E-state index contributed by atoms with van der Waals surface area (Å²) in [6.07, 6.45) is 0.528. The van der Waals surface area contributed by atoms with Crippen LogP contribution in [-0.2, 0) is 0 Å². The summed E-state index contributed by atoms with van der Waals surface area (Å²) in [6, 6.07) is 17.7. The minimum Gasteiger partial charge on any atom is -0.493 e. The number of halogens is 1. The second-order valence-electron chi connectivity index (χ2n) is 4.87. The number of Topliss-reactive ketones (excluding diaryl/α,β-unsaturated/α-hetero) is 1. The molecule has 0 saturated heterocycles. The Balaban J connectivity index is 1.97. The third-order valence-electron chi connectivity index (χ3n) is 3.41. The van der Waals surface area contributed by atoms with Crippen molar-refractivity contribution < 1.29 is 9.53 Å². The molecule has 1 unspecified atom stereocenters. The normalized spacial score (nSPS) is 11.9. The van der Waals surface area contributed by atoms with Crippen molar-refractivity contribution in [2.45, 2.75) is 19.3 Å². The van der Waals surface area contributed by atoms with Gasteiger partial charge in [0.1, 0.15) is 5.75 Å². The molecule has 0 aliphatic rings. The van der Waals surface area contributed by atoms with Crippen LogP contribution in [0.25, 0.3) is 0 Å². The molecule has 0 spiro atoms. The molecule has 110 valence electrons. The lowest BCUT2D eigenvalue weighted by molar-refractivity contribution is 0.0988. The van der Waals surface area contributed by atoms with Crippen molar-refractivity contribution in [2.75, 3.05) is 11.9 Å². The minimum absolute atomic E-state index is 0.157. The molecule has 1 atom stereocenters. The van der Waals surface area contributed by atoms with Crippen LogP contribution >= 0.6 is 15.9 Å². The number of carbonyl (C=O) groups is 1. The van der Waals surface area contributed by atoms with Gasteiger partial charge in [-0.25, -0.2) is 0 Å². The molecular weight excluding hydrogens is 328 g/mol. The summed E-state index contributed by atoms with van der Waals surface area (Å²) in [5.41, 5.74) is 2.00. The average molecular weight is 347 g/mol. The van der Waals surface area contributed by atoms with E-state index in [9.17, 15) is 4.79 Å². The molecule has 0 bridgehead atoms. The van der Waals surface area contributed by atoms with Gasteiger partial charge in [0.05, 0.1) is 6.61 Å². The molecule has 0 aliphatic carbocycles. The number of carbonyl (C=O) groups excluding carboxylic acids is 1. The summed E-state index contributed by atoms with van der Waals surface area (Å²) >= 11 is 3.54. The van der Waals surface area contributed by atoms with Crippen molar-refractivity contribution in [1.82, 2.24) is 0 Å². The molecule has 0 aromatic heterocycles. The SMILES string of the molecule is CCC(=O)c1ccc(OCC(CBr)c2ccccc2)cc1. The zero-order valence-corrected chi connectivity index (χ0v) is 13.7. The lowest BCUT2D eigenvalue weighted by Gasteiger charge is -2.15. The molecule has 0 heterocycles. The van der Waals surface area contributed by atoms with Crippen molar-refractivity contribution in [2.24, 2.45) is 0 Å². The zero-order valence-electron chi connectivity index (χ0n) is 12.1. The van der Waals surface area contributed by atoms with Gasteiger partial charge in [0.25, 0.3) is 0 Å². The maximum Gasteiger partial charge on any atom is 0.162 e. The van der Waals surface area contributed by atoms with Gasteiger partial charge in [0, 0.05) is 23.2 Å². The van der Waals surface area contributed by atoms with Crippen LogP contribution in [0, 0.1) is 0 Å². The summed E-state index contributed by atoms with van der Waals surface area (Å²) in [6.45, 7) is 2.48. The van der Waals surface area contributed by atoms with E-state index < -0.39 is 0 Å². The van der Waals surface area contributed by atoms with Crippen LogP contribution in [0.3, 0.4) is 0 Å². The smallest absolute Gasteiger partial charge is 0.162 e. The number of ether oxygens (including phenoxy) is 1. The lowest BCUT2D eigenvalue weighted by Crippen LogP contribution is -2.11. The van der Waals surface area contributed by atoms with E-state index >= 15 is 0 Å². The summed E-state index contributed by atoms with van der Waals surface area (Å²) in [5, 5.41) is 0.851. The van der Waals surface area contributed by atoms with E-state index in [1.165, 1.54) is 5.56 Å². The van der Waals surface area contributed by atoms with Crippen molar-refractivity contribution in [3.63, 3.8) is 0 Å². The van der Waals surface area contributed by atoms with Crippen LogP contribution in [0.2, 0.25) is 0 Å². The second kappa shape index (κ2) is 7.99. The van der Waals surface area contributed by atoms with Crippen LogP contribution in [0.15, 0.2) is 54.6 Å². The topological polar surface area (TPSA) is 26.3 Å². The average Bonchev–Trinajstić information content (AvgIpc) is 2.56. The fourth-order valence-corrected chi connectivity index (χ4v) is 2.65. The molecule has 0 aliphatic heterocycles. The maximum atomic E-state index is 11.6. The fraction of sp³-hybridized carbons (Fsp3) is 0.278. The third-order valence-corrected chi connectivity index (χ3v) is 4.19. The van der Waals surface area contributed by atoms with Gasteiger partial charge in [-0.3, -0.25) is 4.79 Å². The van der Waals surface area contributed by atoms with E-state index in [1.807, 2.05) is 49.4 Å². The first-order chi connectivity index (χ1) is 10.2. The highest BCUT2D eigenvalue weighted by atomic mass is 79.9. The van der Waals surface area contributed by atoms with Crippen LogP contribution in [0.4, 0.5) is 0 Å². The largest absolute Gasteiger partial charge is 0.493 e. The Morgan fingerprint density at radius 1 is 1.10 bits per heavy atom. The van der Waals surface area contributed by atoms with E-state index in [0.29, 0.717) is 18.9 Å². The Hall–Kier alpha value is -1.61. The highest BCUT2D eigenvalue weighted by Crippen LogP contribution is 2.21. The van der Waals surface area contributed by atoms with Crippen molar-refractivity contribution >= 4 is 21.7 Å². The van der Waals surface area contributed by atoms with E-state index in [4.69, 9.17) is 4.74 Å². The molecule has 0 N–H and O–H groups in total. The summed E-state index contributed by atoms with van der Waals surface area (Å²) in [4.78, 5) is 11.6. The van der Waals surface area contributed by atoms with E-state index in [-0.39, 0.29) is 5.78 Å². The van der Waals surface area contributed by atoms with E-state index in [0.717, 1.165) is 16.6 Å². The molecule has 0 fully saturated rings. The number of hydrogen-bond donors (Lipinski definition) is 0. The monoisotopic (exact) mass is 346 g/mol. The van der Waals surface area contributed by atoms with Crippen LogP contribution in [-0.4, -0.2) is 17.7 Å². The van der Waals surface area contributed by atoms with Gasteiger partial charge in [-0.05, 0) is 29.8 Å². The van der Waals surface area contributed by atoms with Crippen LogP contribution in [0.5, 0.6) is 5.75 Å². The van der Waals surface area contributed by atoms with Gasteiger partial charge >= 0.3 is 0 Å². The van der Waals surface area contributed by atoms with Gasteiger partial charge in [0.2, 0.25) is 0 Å². The number of rotatable bonds is 7. The lowest BCUT2D eigenvalue weighted by atomic mass is 10.0. The first kappa shape index (κ1) is 15.8. The number of hydrogen-bond acceptors (Lipinski definition) is 2. The number of alkyl halides is 1. The quantitative estimate of drug-likeness (QED) is 0.529. The Labute approximate surface area is 134 Å². The molecule has 0 radical (unpaired) electrons. The second-order valence-corrected chi connectivity index (χ2v) is 5.52. The highest BCUT2D eigenvalue weighted by Gasteiger charge is 2.11. The van der Waals surface area contributed by atoms with Gasteiger partial charge in [-0.2, -0.15) is 0 Å². The van der Waals surface area contributed by atoms with Gasteiger partial charge in [-0.15, -0.1) is 0 Å². The highest BCUT2D eigenvalue weighted by molar-refractivity contribution is 9.09. The standard InChI is InChI=1S/C18H19BrO2/c1-2-18(20)15-8-10-17(11-9-15)21-13-16(12-19)14-6-4-3-5-7-14/h3-11,16H,2,12-13H2,1H3. The fourth-order valence-electron chi connectivity index (χ4n) is 2.09. The summed E-state index contributed by atoms with van der Waals surface area (Å²) < 4.78 is 5.84. The molecular formula is C18H19BrO2. The Morgan fingerprint density at radius 2 is 1.76 bits per heavy atom. The van der Waals surface area contributed by atoms with Crippen molar-refractivity contribution in [1.29, 1.82) is 0 Å². The molecule has 2 rings (SSSR count). The van der Waals surface area contributed by atoms with Crippen molar-refractivity contribution in [3.05, 3.63) is 65.7 Å². The zero-order chi connectivity index (χ0) is 15.1. The molecule has 21 heavy (non-hydrogen) atoms. The molecule has 0 amide bonds.